The number of hydrogen-bond acceptors (Lipinski definition) is 3. The molecule has 23 heavy (non-hydrogen) atoms. The van der Waals surface area contributed by atoms with Crippen molar-refractivity contribution in [2.75, 3.05) is 13.1 Å². The van der Waals surface area contributed by atoms with Crippen LogP contribution in [0.3, 0.4) is 0 Å². The number of aromatic nitrogens is 1. The molecule has 4 nitrogen and oxygen atoms in total. The molecule has 0 unspecified atom stereocenters. The van der Waals surface area contributed by atoms with Crippen molar-refractivity contribution in [3.8, 4) is 0 Å². The SMILES string of the molecule is C/C(=N\NC(=S)N1CCCCCC1)c1ccc2ccccc2n1. The molecule has 0 saturated carbocycles. The Kier molecular flexibility index (Phi) is 5.18. The Morgan fingerprint density at radius 3 is 2.61 bits per heavy atom. The lowest BCUT2D eigenvalue weighted by atomic mass is 10.2. The average molecular weight is 326 g/mol. The maximum Gasteiger partial charge on any atom is 0.189 e. The fraction of sp³-hybridized carbons (Fsp3) is 0.389. The van der Waals surface area contributed by atoms with E-state index >= 15 is 0 Å². The number of nitrogens with one attached hydrogen (secondary N) is 1. The fourth-order valence-electron chi connectivity index (χ4n) is 2.80. The van der Waals surface area contributed by atoms with Crippen LogP contribution < -0.4 is 5.43 Å². The number of benzene rings is 1. The van der Waals surface area contributed by atoms with Gasteiger partial charge in [-0.05, 0) is 44.1 Å². The molecule has 1 aromatic carbocycles. The van der Waals surface area contributed by atoms with Crippen LogP contribution >= 0.6 is 12.2 Å². The Hall–Kier alpha value is -2.01. The lowest BCUT2D eigenvalue weighted by Gasteiger charge is -2.22. The maximum absolute atomic E-state index is 5.47. The first-order valence-electron chi connectivity index (χ1n) is 8.19. The first-order valence-corrected chi connectivity index (χ1v) is 8.60. The third-order valence-corrected chi connectivity index (χ3v) is 4.53. The molecule has 120 valence electrons. The fourth-order valence-corrected chi connectivity index (χ4v) is 3.03. The summed E-state index contributed by atoms with van der Waals surface area (Å²) in [7, 11) is 0. The van der Waals surface area contributed by atoms with Gasteiger partial charge in [-0.1, -0.05) is 37.1 Å². The molecule has 1 aromatic heterocycles. The zero-order valence-corrected chi connectivity index (χ0v) is 14.3. The number of likely N-dealkylation sites (tertiary alicyclic amines) is 1. The number of hydrazone groups is 1. The van der Waals surface area contributed by atoms with E-state index < -0.39 is 0 Å². The second-order valence-electron chi connectivity index (χ2n) is 5.90. The minimum Gasteiger partial charge on any atom is -0.348 e. The number of para-hydroxylation sites is 1. The number of fused-ring (bicyclic) bond motifs is 1. The van der Waals surface area contributed by atoms with E-state index in [4.69, 9.17) is 12.2 Å². The summed E-state index contributed by atoms with van der Waals surface area (Å²) < 4.78 is 0. The minimum atomic E-state index is 0.715. The highest BCUT2D eigenvalue weighted by molar-refractivity contribution is 7.80. The standard InChI is InChI=1S/C18H22N4S/c1-14(16-11-10-15-8-4-5-9-17(15)19-16)20-21-18(23)22-12-6-2-3-7-13-22/h4-5,8-11H,2-3,6-7,12-13H2,1H3,(H,21,23)/b20-14+. The molecule has 2 heterocycles. The molecule has 0 aliphatic carbocycles. The molecule has 1 saturated heterocycles. The smallest absolute Gasteiger partial charge is 0.189 e. The van der Waals surface area contributed by atoms with Crippen molar-refractivity contribution < 1.29 is 0 Å². The molecule has 1 aliphatic rings. The van der Waals surface area contributed by atoms with Gasteiger partial charge < -0.3 is 4.90 Å². The van der Waals surface area contributed by atoms with Gasteiger partial charge in [0.05, 0.1) is 16.9 Å². The van der Waals surface area contributed by atoms with Crippen molar-refractivity contribution in [2.24, 2.45) is 5.10 Å². The van der Waals surface area contributed by atoms with Crippen LogP contribution in [0, 0.1) is 0 Å². The zero-order chi connectivity index (χ0) is 16.1. The van der Waals surface area contributed by atoms with Crippen LogP contribution in [0.15, 0.2) is 41.5 Å². The summed E-state index contributed by atoms with van der Waals surface area (Å²) >= 11 is 5.47. The molecule has 0 spiro atoms. The quantitative estimate of drug-likeness (QED) is 0.519. The largest absolute Gasteiger partial charge is 0.348 e. The van der Waals surface area contributed by atoms with Gasteiger partial charge in [-0.3, -0.25) is 5.43 Å². The summed E-state index contributed by atoms with van der Waals surface area (Å²) in [6.07, 6.45) is 5.00. The third-order valence-electron chi connectivity index (χ3n) is 4.18. The molecule has 0 radical (unpaired) electrons. The van der Waals surface area contributed by atoms with Gasteiger partial charge in [-0.25, -0.2) is 4.98 Å². The topological polar surface area (TPSA) is 40.5 Å². The van der Waals surface area contributed by atoms with Gasteiger partial charge in [-0.2, -0.15) is 5.10 Å². The number of nitrogens with zero attached hydrogens (tertiary/aromatic N) is 3. The van der Waals surface area contributed by atoms with E-state index in [2.05, 4.69) is 32.5 Å². The predicted molar refractivity (Wildman–Crippen MR) is 99.7 cm³/mol. The van der Waals surface area contributed by atoms with E-state index in [1.807, 2.05) is 31.2 Å². The highest BCUT2D eigenvalue weighted by Crippen LogP contribution is 2.12. The van der Waals surface area contributed by atoms with Crippen LogP contribution in [0.1, 0.15) is 38.3 Å². The monoisotopic (exact) mass is 326 g/mol. The van der Waals surface area contributed by atoms with Gasteiger partial charge in [0.2, 0.25) is 0 Å². The Morgan fingerprint density at radius 2 is 1.83 bits per heavy atom. The van der Waals surface area contributed by atoms with Crippen molar-refractivity contribution in [1.82, 2.24) is 15.3 Å². The van der Waals surface area contributed by atoms with Crippen LogP contribution in [0.4, 0.5) is 0 Å². The van der Waals surface area contributed by atoms with Crippen molar-refractivity contribution in [3.05, 3.63) is 42.1 Å². The van der Waals surface area contributed by atoms with Crippen LogP contribution in [0.25, 0.3) is 10.9 Å². The third kappa shape index (κ3) is 4.05. The van der Waals surface area contributed by atoms with Crippen LogP contribution in [-0.4, -0.2) is 33.8 Å². The molecule has 1 aliphatic heterocycles. The molecular weight excluding hydrogens is 304 g/mol. The van der Waals surface area contributed by atoms with Crippen molar-refractivity contribution in [1.29, 1.82) is 0 Å². The van der Waals surface area contributed by atoms with E-state index in [0.717, 1.165) is 35.4 Å². The van der Waals surface area contributed by atoms with E-state index in [-0.39, 0.29) is 0 Å². The normalized spacial score (nSPS) is 16.2. The second kappa shape index (κ2) is 7.51. The lowest BCUT2D eigenvalue weighted by molar-refractivity contribution is 0.428. The first kappa shape index (κ1) is 15.9. The number of thiocarbonyl (C=S) groups is 1. The molecule has 0 atom stereocenters. The van der Waals surface area contributed by atoms with E-state index in [1.54, 1.807) is 0 Å². The lowest BCUT2D eigenvalue weighted by Crippen LogP contribution is -2.38. The minimum absolute atomic E-state index is 0.715. The Balaban J connectivity index is 1.69. The molecule has 5 heteroatoms. The summed E-state index contributed by atoms with van der Waals surface area (Å²) in [5.41, 5.74) is 5.72. The molecule has 3 rings (SSSR count). The van der Waals surface area contributed by atoms with E-state index in [1.165, 1.54) is 25.7 Å². The first-order chi connectivity index (χ1) is 11.2. The summed E-state index contributed by atoms with van der Waals surface area (Å²) in [6.45, 7) is 4.00. The second-order valence-corrected chi connectivity index (χ2v) is 6.29. The van der Waals surface area contributed by atoms with Gasteiger partial charge in [-0.15, -0.1) is 0 Å². The van der Waals surface area contributed by atoms with Gasteiger partial charge in [0, 0.05) is 18.5 Å². The highest BCUT2D eigenvalue weighted by Gasteiger charge is 2.11. The van der Waals surface area contributed by atoms with Crippen LogP contribution in [0.5, 0.6) is 0 Å². The van der Waals surface area contributed by atoms with Gasteiger partial charge >= 0.3 is 0 Å². The predicted octanol–water partition coefficient (Wildman–Crippen LogP) is 3.71. The molecule has 0 amide bonds. The van der Waals surface area contributed by atoms with Crippen molar-refractivity contribution in [2.45, 2.75) is 32.6 Å². The average Bonchev–Trinajstić information content (AvgIpc) is 2.88. The molecule has 1 N–H and O–H groups in total. The van der Waals surface area contributed by atoms with Crippen LogP contribution in [0.2, 0.25) is 0 Å². The molecule has 0 bridgehead atoms. The summed E-state index contributed by atoms with van der Waals surface area (Å²) in [5, 5.41) is 6.28. The van der Waals surface area contributed by atoms with Gasteiger partial charge in [0.1, 0.15) is 0 Å². The molecular formula is C18H22N4S. The zero-order valence-electron chi connectivity index (χ0n) is 13.5. The van der Waals surface area contributed by atoms with Gasteiger partial charge in [0.25, 0.3) is 0 Å². The van der Waals surface area contributed by atoms with Gasteiger partial charge in [0.15, 0.2) is 5.11 Å². The summed E-state index contributed by atoms with van der Waals surface area (Å²) in [6, 6.07) is 12.2. The van der Waals surface area contributed by atoms with E-state index in [9.17, 15) is 0 Å². The Morgan fingerprint density at radius 1 is 1.09 bits per heavy atom. The molecule has 2 aromatic rings. The molecule has 1 fully saturated rings. The Bertz CT molecular complexity index is 718. The number of hydrogen-bond donors (Lipinski definition) is 1. The number of rotatable bonds is 2. The van der Waals surface area contributed by atoms with Crippen molar-refractivity contribution in [3.63, 3.8) is 0 Å². The van der Waals surface area contributed by atoms with E-state index in [0.29, 0.717) is 5.11 Å². The highest BCUT2D eigenvalue weighted by atomic mass is 32.1. The maximum atomic E-state index is 5.47. The van der Waals surface area contributed by atoms with Crippen LogP contribution in [-0.2, 0) is 0 Å². The summed E-state index contributed by atoms with van der Waals surface area (Å²) in [4.78, 5) is 6.87. The Labute approximate surface area is 142 Å². The summed E-state index contributed by atoms with van der Waals surface area (Å²) in [5.74, 6) is 0. The number of pyridine rings is 1. The van der Waals surface area contributed by atoms with Crippen molar-refractivity contribution >= 4 is 33.9 Å².